The van der Waals surface area contributed by atoms with Crippen LogP contribution in [0.1, 0.15) is 12.0 Å². The minimum Gasteiger partial charge on any atom is -0.309 e. The van der Waals surface area contributed by atoms with Crippen LogP contribution in [0.3, 0.4) is 0 Å². The molecule has 1 aliphatic rings. The van der Waals surface area contributed by atoms with Crippen LogP contribution in [-0.4, -0.2) is 36.0 Å². The van der Waals surface area contributed by atoms with Crippen LogP contribution in [0, 0.1) is 10.1 Å². The van der Waals surface area contributed by atoms with E-state index in [1.807, 2.05) is 0 Å². The Labute approximate surface area is 111 Å². The molecule has 1 heterocycles. The predicted molar refractivity (Wildman–Crippen MR) is 70.8 cm³/mol. The Morgan fingerprint density at radius 1 is 1.61 bits per heavy atom. The van der Waals surface area contributed by atoms with Crippen molar-refractivity contribution in [3.8, 4) is 0 Å². The Balaban J connectivity index is 1.95. The van der Waals surface area contributed by atoms with E-state index in [0.29, 0.717) is 17.6 Å². The van der Waals surface area contributed by atoms with Crippen molar-refractivity contribution >= 4 is 17.3 Å². The first kappa shape index (κ1) is 13.3. The first-order chi connectivity index (χ1) is 8.56. The second-order valence-electron chi connectivity index (χ2n) is 4.66. The number of likely N-dealkylation sites (tertiary alicyclic amines) is 1. The van der Waals surface area contributed by atoms with E-state index in [1.54, 1.807) is 6.07 Å². The molecular weight excluding hydrogens is 254 g/mol. The van der Waals surface area contributed by atoms with Crippen molar-refractivity contribution in [2.45, 2.75) is 19.0 Å². The summed E-state index contributed by atoms with van der Waals surface area (Å²) in [5.74, 6) is 0. The summed E-state index contributed by atoms with van der Waals surface area (Å²) in [5, 5.41) is 14.5. The molecule has 1 fully saturated rings. The van der Waals surface area contributed by atoms with Gasteiger partial charge in [0, 0.05) is 31.3 Å². The lowest BCUT2D eigenvalue weighted by molar-refractivity contribution is -0.384. The van der Waals surface area contributed by atoms with Crippen LogP contribution in [0.25, 0.3) is 0 Å². The van der Waals surface area contributed by atoms with Gasteiger partial charge < -0.3 is 10.2 Å². The van der Waals surface area contributed by atoms with E-state index in [1.165, 1.54) is 12.1 Å². The minimum atomic E-state index is -0.435. The van der Waals surface area contributed by atoms with Gasteiger partial charge in [0.05, 0.1) is 9.95 Å². The average Bonchev–Trinajstić information content (AvgIpc) is 2.73. The SMILES string of the molecule is CN1CCC(NCc2ccc([N+](=O)[O-])cc2Cl)C1. The number of hydrogen-bond acceptors (Lipinski definition) is 4. The molecule has 0 saturated carbocycles. The number of halogens is 1. The highest BCUT2D eigenvalue weighted by atomic mass is 35.5. The normalized spacial score (nSPS) is 20.2. The first-order valence-corrected chi connectivity index (χ1v) is 6.29. The summed E-state index contributed by atoms with van der Waals surface area (Å²) in [5.41, 5.74) is 0.932. The van der Waals surface area contributed by atoms with Crippen molar-refractivity contribution in [3.63, 3.8) is 0 Å². The molecule has 1 aromatic rings. The summed E-state index contributed by atoms with van der Waals surface area (Å²) in [7, 11) is 2.10. The Bertz CT molecular complexity index is 453. The number of nitro groups is 1. The van der Waals surface area contributed by atoms with E-state index in [4.69, 9.17) is 11.6 Å². The third-order valence-electron chi connectivity index (χ3n) is 3.22. The topological polar surface area (TPSA) is 58.4 Å². The van der Waals surface area contributed by atoms with Gasteiger partial charge in [-0.25, -0.2) is 0 Å². The summed E-state index contributed by atoms with van der Waals surface area (Å²) in [6.45, 7) is 2.78. The van der Waals surface area contributed by atoms with Crippen LogP contribution in [0.15, 0.2) is 18.2 Å². The van der Waals surface area contributed by atoms with Crippen LogP contribution in [0.4, 0.5) is 5.69 Å². The maximum Gasteiger partial charge on any atom is 0.270 e. The first-order valence-electron chi connectivity index (χ1n) is 5.91. The molecule has 18 heavy (non-hydrogen) atoms. The molecule has 1 unspecified atom stereocenters. The molecule has 1 atom stereocenters. The summed E-state index contributed by atoms with van der Waals surface area (Å²) in [6.07, 6.45) is 1.13. The number of benzene rings is 1. The van der Waals surface area contributed by atoms with E-state index < -0.39 is 4.92 Å². The molecule has 5 nitrogen and oxygen atoms in total. The third-order valence-corrected chi connectivity index (χ3v) is 3.57. The quantitative estimate of drug-likeness (QED) is 0.671. The molecular formula is C12H16ClN3O2. The fourth-order valence-electron chi connectivity index (χ4n) is 2.15. The van der Waals surface area contributed by atoms with Crippen molar-refractivity contribution in [2.75, 3.05) is 20.1 Å². The molecule has 0 aromatic heterocycles. The number of hydrogen-bond donors (Lipinski definition) is 1. The van der Waals surface area contributed by atoms with Crippen LogP contribution < -0.4 is 5.32 Å². The predicted octanol–water partition coefficient (Wildman–Crippen LogP) is 2.04. The van der Waals surface area contributed by atoms with Gasteiger partial charge in [-0.05, 0) is 31.6 Å². The molecule has 1 saturated heterocycles. The van der Waals surface area contributed by atoms with Gasteiger partial charge in [-0.2, -0.15) is 0 Å². The third kappa shape index (κ3) is 3.19. The van der Waals surface area contributed by atoms with Crippen molar-refractivity contribution < 1.29 is 4.92 Å². The van der Waals surface area contributed by atoms with E-state index in [2.05, 4.69) is 17.3 Å². The van der Waals surface area contributed by atoms with Gasteiger partial charge in [-0.15, -0.1) is 0 Å². The Morgan fingerprint density at radius 2 is 2.39 bits per heavy atom. The zero-order valence-corrected chi connectivity index (χ0v) is 11.0. The highest BCUT2D eigenvalue weighted by molar-refractivity contribution is 6.31. The lowest BCUT2D eigenvalue weighted by Crippen LogP contribution is -2.31. The molecule has 0 amide bonds. The van der Waals surface area contributed by atoms with Crippen LogP contribution in [0.2, 0.25) is 5.02 Å². The molecule has 1 aliphatic heterocycles. The fourth-order valence-corrected chi connectivity index (χ4v) is 2.39. The monoisotopic (exact) mass is 269 g/mol. The lowest BCUT2D eigenvalue weighted by Gasteiger charge is -2.13. The number of nitrogens with zero attached hydrogens (tertiary/aromatic N) is 2. The van der Waals surface area contributed by atoms with Gasteiger partial charge in [-0.3, -0.25) is 10.1 Å². The minimum absolute atomic E-state index is 0.0318. The second-order valence-corrected chi connectivity index (χ2v) is 5.07. The van der Waals surface area contributed by atoms with E-state index in [9.17, 15) is 10.1 Å². The van der Waals surface area contributed by atoms with Crippen molar-refractivity contribution in [2.24, 2.45) is 0 Å². The van der Waals surface area contributed by atoms with Crippen LogP contribution >= 0.6 is 11.6 Å². The van der Waals surface area contributed by atoms with Gasteiger partial charge in [0.1, 0.15) is 0 Å². The molecule has 1 aromatic carbocycles. The lowest BCUT2D eigenvalue weighted by atomic mass is 10.2. The Kier molecular flexibility index (Phi) is 4.16. The van der Waals surface area contributed by atoms with Gasteiger partial charge in [-0.1, -0.05) is 11.6 Å². The Hall–Kier alpha value is -1.17. The maximum atomic E-state index is 10.6. The number of nitrogens with one attached hydrogen (secondary N) is 1. The zero-order valence-electron chi connectivity index (χ0n) is 10.2. The molecule has 1 N–H and O–H groups in total. The number of nitro benzene ring substituents is 1. The number of rotatable bonds is 4. The Morgan fingerprint density at radius 3 is 2.94 bits per heavy atom. The molecule has 0 bridgehead atoms. The molecule has 0 radical (unpaired) electrons. The summed E-state index contributed by atoms with van der Waals surface area (Å²) in [4.78, 5) is 12.4. The zero-order chi connectivity index (χ0) is 13.1. The van der Waals surface area contributed by atoms with Gasteiger partial charge in [0.15, 0.2) is 0 Å². The molecule has 98 valence electrons. The van der Waals surface area contributed by atoms with Gasteiger partial charge in [0.25, 0.3) is 5.69 Å². The smallest absolute Gasteiger partial charge is 0.270 e. The number of non-ortho nitro benzene ring substituents is 1. The standard InChI is InChI=1S/C12H16ClN3O2/c1-15-5-4-10(8-15)14-7-9-2-3-11(16(17)18)6-12(9)13/h2-3,6,10,14H,4-5,7-8H2,1H3. The largest absolute Gasteiger partial charge is 0.309 e. The average molecular weight is 270 g/mol. The van der Waals surface area contributed by atoms with E-state index in [-0.39, 0.29) is 5.69 Å². The fraction of sp³-hybridized carbons (Fsp3) is 0.500. The highest BCUT2D eigenvalue weighted by Crippen LogP contribution is 2.22. The molecule has 6 heteroatoms. The summed E-state index contributed by atoms with van der Waals surface area (Å²) >= 11 is 6.03. The van der Waals surface area contributed by atoms with Crippen LogP contribution in [0.5, 0.6) is 0 Å². The molecule has 0 spiro atoms. The maximum absolute atomic E-state index is 10.6. The van der Waals surface area contributed by atoms with Gasteiger partial charge in [0.2, 0.25) is 0 Å². The summed E-state index contributed by atoms with van der Waals surface area (Å²) in [6, 6.07) is 5.08. The highest BCUT2D eigenvalue weighted by Gasteiger charge is 2.19. The van der Waals surface area contributed by atoms with Crippen molar-refractivity contribution in [3.05, 3.63) is 38.9 Å². The van der Waals surface area contributed by atoms with Crippen molar-refractivity contribution in [1.29, 1.82) is 0 Å². The van der Waals surface area contributed by atoms with Gasteiger partial charge >= 0.3 is 0 Å². The van der Waals surface area contributed by atoms with E-state index in [0.717, 1.165) is 25.1 Å². The molecule has 2 rings (SSSR count). The molecule has 0 aliphatic carbocycles. The number of likely N-dealkylation sites (N-methyl/N-ethyl adjacent to an activating group) is 1. The van der Waals surface area contributed by atoms with Crippen molar-refractivity contribution in [1.82, 2.24) is 10.2 Å². The second kappa shape index (κ2) is 5.65. The van der Waals surface area contributed by atoms with Crippen LogP contribution in [-0.2, 0) is 6.54 Å². The van der Waals surface area contributed by atoms with E-state index >= 15 is 0 Å². The summed E-state index contributed by atoms with van der Waals surface area (Å²) < 4.78 is 0.